The van der Waals surface area contributed by atoms with Crippen LogP contribution in [0, 0.1) is 5.82 Å². The number of hydrogen-bond acceptors (Lipinski definition) is 3. The zero-order chi connectivity index (χ0) is 16.8. The third-order valence-electron chi connectivity index (χ3n) is 3.39. The first-order valence-electron chi connectivity index (χ1n) is 7.12. The molecule has 4 nitrogen and oxygen atoms in total. The van der Waals surface area contributed by atoms with Gasteiger partial charge in [0.25, 0.3) is 0 Å². The summed E-state index contributed by atoms with van der Waals surface area (Å²) in [4.78, 5) is 11.9. The van der Waals surface area contributed by atoms with Crippen LogP contribution in [0.3, 0.4) is 0 Å². The molecule has 2 aromatic rings. The molecule has 0 aromatic heterocycles. The van der Waals surface area contributed by atoms with Crippen LogP contribution in [-0.2, 0) is 4.79 Å². The Hall–Kier alpha value is -1.92. The van der Waals surface area contributed by atoms with E-state index >= 15 is 0 Å². The van der Waals surface area contributed by atoms with Gasteiger partial charge in [0.15, 0.2) is 0 Å². The first kappa shape index (κ1) is 17.4. The molecular weight excluding hydrogens is 363 g/mol. The maximum atomic E-state index is 13.5. The van der Waals surface area contributed by atoms with E-state index in [-0.39, 0.29) is 24.2 Å². The number of amides is 1. The number of benzene rings is 2. The predicted octanol–water partition coefficient (Wildman–Crippen LogP) is 3.89. The second-order valence-electron chi connectivity index (χ2n) is 5.02. The summed E-state index contributed by atoms with van der Waals surface area (Å²) in [6.07, 6.45) is 0. The first-order chi connectivity index (χ1) is 11.0. The van der Waals surface area contributed by atoms with Crippen molar-refractivity contribution in [3.8, 4) is 5.75 Å². The van der Waals surface area contributed by atoms with Gasteiger partial charge >= 0.3 is 0 Å². The lowest BCUT2D eigenvalue weighted by Gasteiger charge is -2.15. The summed E-state index contributed by atoms with van der Waals surface area (Å²) in [5, 5.41) is 5.65. The molecule has 23 heavy (non-hydrogen) atoms. The Bertz CT molecular complexity index is 694. The van der Waals surface area contributed by atoms with Gasteiger partial charge in [0.1, 0.15) is 11.6 Å². The van der Waals surface area contributed by atoms with Crippen molar-refractivity contribution in [3.63, 3.8) is 0 Å². The second kappa shape index (κ2) is 8.08. The third kappa shape index (κ3) is 4.77. The summed E-state index contributed by atoms with van der Waals surface area (Å²) >= 11 is 3.43. The van der Waals surface area contributed by atoms with Crippen LogP contribution < -0.4 is 15.4 Å². The number of halogens is 2. The van der Waals surface area contributed by atoms with Crippen LogP contribution in [0.25, 0.3) is 0 Å². The van der Waals surface area contributed by atoms with Gasteiger partial charge in [-0.15, -0.1) is 0 Å². The van der Waals surface area contributed by atoms with Gasteiger partial charge in [-0.25, -0.2) is 4.39 Å². The van der Waals surface area contributed by atoms with Gasteiger partial charge in [0, 0.05) is 6.04 Å². The van der Waals surface area contributed by atoms with Crippen molar-refractivity contribution in [1.29, 1.82) is 0 Å². The van der Waals surface area contributed by atoms with E-state index in [1.165, 1.54) is 12.1 Å². The number of carbonyl (C=O) groups is 1. The summed E-state index contributed by atoms with van der Waals surface area (Å²) in [6, 6.07) is 11.8. The normalized spacial score (nSPS) is 11.8. The quantitative estimate of drug-likeness (QED) is 0.799. The Balaban J connectivity index is 1.91. The summed E-state index contributed by atoms with van der Waals surface area (Å²) < 4.78 is 19.5. The maximum Gasteiger partial charge on any atom is 0.238 e. The number of carbonyl (C=O) groups excluding carboxylic acids is 1. The van der Waals surface area contributed by atoms with Crippen molar-refractivity contribution in [2.24, 2.45) is 0 Å². The molecule has 0 unspecified atom stereocenters. The molecule has 0 aliphatic carbocycles. The zero-order valence-corrected chi connectivity index (χ0v) is 14.5. The average molecular weight is 381 g/mol. The third-order valence-corrected chi connectivity index (χ3v) is 4.01. The minimum absolute atomic E-state index is 0.0384. The summed E-state index contributed by atoms with van der Waals surface area (Å²) in [6.45, 7) is 2.03. The molecule has 0 fully saturated rings. The van der Waals surface area contributed by atoms with E-state index in [1.54, 1.807) is 19.2 Å². The van der Waals surface area contributed by atoms with Crippen molar-refractivity contribution in [3.05, 3.63) is 58.3 Å². The number of nitrogens with one attached hydrogen (secondary N) is 2. The summed E-state index contributed by atoms with van der Waals surface area (Å²) in [7, 11) is 1.61. The predicted molar refractivity (Wildman–Crippen MR) is 92.1 cm³/mol. The Kier molecular flexibility index (Phi) is 6.12. The topological polar surface area (TPSA) is 50.4 Å². The molecule has 6 heteroatoms. The minimum Gasteiger partial charge on any atom is -0.496 e. The number of anilines is 1. The first-order valence-corrected chi connectivity index (χ1v) is 7.91. The van der Waals surface area contributed by atoms with Gasteiger partial charge in [-0.1, -0.05) is 18.2 Å². The van der Waals surface area contributed by atoms with Gasteiger partial charge < -0.3 is 15.4 Å². The molecule has 0 aliphatic heterocycles. The van der Waals surface area contributed by atoms with Gasteiger partial charge in [0.2, 0.25) is 5.91 Å². The Morgan fingerprint density at radius 2 is 2.04 bits per heavy atom. The molecule has 1 amide bonds. The molecule has 0 saturated carbocycles. The Morgan fingerprint density at radius 3 is 2.70 bits per heavy atom. The number of para-hydroxylation sites is 1. The van der Waals surface area contributed by atoms with Crippen molar-refractivity contribution in [2.45, 2.75) is 13.0 Å². The van der Waals surface area contributed by atoms with E-state index in [4.69, 9.17) is 4.74 Å². The lowest BCUT2D eigenvalue weighted by atomic mass is 10.1. The molecule has 0 spiro atoms. The zero-order valence-electron chi connectivity index (χ0n) is 12.9. The van der Waals surface area contributed by atoms with Crippen LogP contribution in [0.5, 0.6) is 5.75 Å². The van der Waals surface area contributed by atoms with Gasteiger partial charge in [-0.2, -0.15) is 0 Å². The maximum absolute atomic E-state index is 13.5. The fourth-order valence-corrected chi connectivity index (χ4v) is 2.63. The van der Waals surface area contributed by atoms with E-state index in [2.05, 4.69) is 26.6 Å². The van der Waals surface area contributed by atoms with Gasteiger partial charge in [-0.05, 0) is 52.7 Å². The smallest absolute Gasteiger partial charge is 0.238 e. The molecular formula is C17H18BrFN2O2. The highest BCUT2D eigenvalue weighted by Crippen LogP contribution is 2.27. The monoisotopic (exact) mass is 380 g/mol. The molecule has 1 atom stereocenters. The van der Waals surface area contributed by atoms with Crippen molar-refractivity contribution in [2.75, 3.05) is 19.0 Å². The number of ether oxygens (including phenoxy) is 1. The van der Waals surface area contributed by atoms with Crippen LogP contribution in [0.1, 0.15) is 18.5 Å². The second-order valence-corrected chi connectivity index (χ2v) is 5.88. The fraction of sp³-hybridized carbons (Fsp3) is 0.235. The molecule has 2 aromatic carbocycles. The van der Waals surface area contributed by atoms with E-state index in [1.807, 2.05) is 25.1 Å². The van der Waals surface area contributed by atoms with Crippen molar-refractivity contribution in [1.82, 2.24) is 5.32 Å². The van der Waals surface area contributed by atoms with Crippen LogP contribution >= 0.6 is 15.9 Å². The lowest BCUT2D eigenvalue weighted by molar-refractivity contribution is -0.115. The van der Waals surface area contributed by atoms with Crippen molar-refractivity contribution < 1.29 is 13.9 Å². The van der Waals surface area contributed by atoms with E-state index in [0.717, 1.165) is 15.8 Å². The molecule has 0 aliphatic rings. The molecule has 2 N–H and O–H groups in total. The summed E-state index contributed by atoms with van der Waals surface area (Å²) in [5.74, 6) is 0.000701. The fourth-order valence-electron chi connectivity index (χ4n) is 2.07. The van der Waals surface area contributed by atoms with Gasteiger partial charge in [-0.3, -0.25) is 4.79 Å². The molecule has 0 saturated heterocycles. The van der Waals surface area contributed by atoms with Crippen LogP contribution in [0.15, 0.2) is 46.9 Å². The number of methoxy groups -OCH3 is 1. The average Bonchev–Trinajstić information content (AvgIpc) is 2.54. The van der Waals surface area contributed by atoms with Gasteiger partial charge in [0.05, 0.1) is 23.8 Å². The lowest BCUT2D eigenvalue weighted by Crippen LogP contribution is -2.30. The highest BCUT2D eigenvalue weighted by molar-refractivity contribution is 9.10. The Labute approximate surface area is 143 Å². The van der Waals surface area contributed by atoms with E-state index in [0.29, 0.717) is 0 Å². The standard InChI is InChI=1S/C17H18BrFN2O2/c1-11(12-7-8-16(23-2)13(18)9-12)20-10-17(22)21-15-6-4-3-5-14(15)19/h3-9,11,20H,10H2,1-2H3,(H,21,22)/t11-/m1/s1. The molecule has 0 heterocycles. The van der Waals surface area contributed by atoms with Crippen LogP contribution in [0.4, 0.5) is 10.1 Å². The van der Waals surface area contributed by atoms with Crippen molar-refractivity contribution >= 4 is 27.5 Å². The largest absolute Gasteiger partial charge is 0.496 e. The molecule has 122 valence electrons. The van der Waals surface area contributed by atoms with E-state index < -0.39 is 5.82 Å². The van der Waals surface area contributed by atoms with E-state index in [9.17, 15) is 9.18 Å². The highest BCUT2D eigenvalue weighted by Gasteiger charge is 2.11. The molecule has 2 rings (SSSR count). The van der Waals surface area contributed by atoms with Crippen LogP contribution in [-0.4, -0.2) is 19.6 Å². The summed E-state index contributed by atoms with van der Waals surface area (Å²) in [5.41, 5.74) is 1.19. The SMILES string of the molecule is COc1ccc([C@@H](C)NCC(=O)Nc2ccccc2F)cc1Br. The Morgan fingerprint density at radius 1 is 1.30 bits per heavy atom. The van der Waals surface area contributed by atoms with Crippen LogP contribution in [0.2, 0.25) is 0 Å². The number of hydrogen-bond donors (Lipinski definition) is 2. The molecule has 0 radical (unpaired) electrons. The number of rotatable bonds is 6. The molecule has 0 bridgehead atoms. The minimum atomic E-state index is -0.451. The highest BCUT2D eigenvalue weighted by atomic mass is 79.9.